The Balaban J connectivity index is 1.79. The van der Waals surface area contributed by atoms with Gasteiger partial charge >= 0.3 is 0 Å². The average molecular weight is 330 g/mol. The van der Waals surface area contributed by atoms with Crippen LogP contribution in [-0.2, 0) is 22.9 Å². The molecule has 0 aliphatic carbocycles. The summed E-state index contributed by atoms with van der Waals surface area (Å²) < 4.78 is 23.7. The van der Waals surface area contributed by atoms with Crippen LogP contribution in [0.3, 0.4) is 0 Å². The third kappa shape index (κ3) is 4.33. The van der Waals surface area contributed by atoms with Gasteiger partial charge < -0.3 is 5.73 Å². The minimum Gasteiger partial charge on any atom is -0.399 e. The number of rotatable bonds is 5. The molecule has 2 aromatic carbocycles. The standard InChI is InChI=1S/C18H22N2O2S/c19-17-8-6-16(7-9-17)13-20(12-15-4-2-1-3-5-15)18-10-11-23(21,22)14-18/h1-9,18H,10-14,19H2/t18-/m1/s1. The zero-order valence-corrected chi connectivity index (χ0v) is 13.9. The van der Waals surface area contributed by atoms with Crippen molar-refractivity contribution < 1.29 is 8.42 Å². The van der Waals surface area contributed by atoms with Gasteiger partial charge in [0.05, 0.1) is 11.5 Å². The van der Waals surface area contributed by atoms with E-state index in [1.807, 2.05) is 42.5 Å². The highest BCUT2D eigenvalue weighted by atomic mass is 32.2. The lowest BCUT2D eigenvalue weighted by Crippen LogP contribution is -2.35. The van der Waals surface area contributed by atoms with Crippen LogP contribution in [0.15, 0.2) is 54.6 Å². The Morgan fingerprint density at radius 3 is 2.13 bits per heavy atom. The van der Waals surface area contributed by atoms with Crippen molar-refractivity contribution in [1.82, 2.24) is 4.90 Å². The van der Waals surface area contributed by atoms with E-state index in [1.54, 1.807) is 0 Å². The maximum Gasteiger partial charge on any atom is 0.151 e. The second kappa shape index (κ2) is 6.72. The predicted molar refractivity (Wildman–Crippen MR) is 93.6 cm³/mol. The molecule has 5 heteroatoms. The fourth-order valence-corrected chi connectivity index (χ4v) is 4.81. The first-order valence-electron chi connectivity index (χ1n) is 7.85. The molecule has 0 bridgehead atoms. The Morgan fingerprint density at radius 1 is 0.957 bits per heavy atom. The van der Waals surface area contributed by atoms with Crippen molar-refractivity contribution in [3.8, 4) is 0 Å². The Kier molecular flexibility index (Phi) is 4.68. The lowest BCUT2D eigenvalue weighted by Gasteiger charge is -2.28. The molecule has 1 atom stereocenters. The van der Waals surface area contributed by atoms with Crippen LogP contribution in [-0.4, -0.2) is 30.9 Å². The summed E-state index contributed by atoms with van der Waals surface area (Å²) in [5.41, 5.74) is 8.84. The van der Waals surface area contributed by atoms with E-state index < -0.39 is 9.84 Å². The zero-order valence-electron chi connectivity index (χ0n) is 13.1. The van der Waals surface area contributed by atoms with Crippen molar-refractivity contribution >= 4 is 15.5 Å². The molecule has 1 aliphatic rings. The molecule has 0 radical (unpaired) electrons. The fraction of sp³-hybridized carbons (Fsp3) is 0.333. The quantitative estimate of drug-likeness (QED) is 0.856. The Labute approximate surface area is 137 Å². The van der Waals surface area contributed by atoms with E-state index in [1.165, 1.54) is 5.56 Å². The van der Waals surface area contributed by atoms with Gasteiger partial charge in [-0.25, -0.2) is 8.42 Å². The lowest BCUT2D eigenvalue weighted by atomic mass is 10.1. The number of nitrogens with zero attached hydrogens (tertiary/aromatic N) is 1. The molecule has 1 heterocycles. The van der Waals surface area contributed by atoms with Crippen LogP contribution >= 0.6 is 0 Å². The Morgan fingerprint density at radius 2 is 1.57 bits per heavy atom. The summed E-state index contributed by atoms with van der Waals surface area (Å²) in [5.74, 6) is 0.555. The largest absolute Gasteiger partial charge is 0.399 e. The van der Waals surface area contributed by atoms with E-state index >= 15 is 0 Å². The molecular formula is C18H22N2O2S. The van der Waals surface area contributed by atoms with Gasteiger partial charge in [-0.2, -0.15) is 0 Å². The third-order valence-corrected chi connectivity index (χ3v) is 6.07. The highest BCUT2D eigenvalue weighted by Gasteiger charge is 2.32. The second-order valence-corrected chi connectivity index (χ2v) is 8.42. The topological polar surface area (TPSA) is 63.4 Å². The average Bonchev–Trinajstić information content (AvgIpc) is 2.90. The molecule has 1 aliphatic heterocycles. The van der Waals surface area contributed by atoms with Crippen LogP contribution in [0, 0.1) is 0 Å². The molecule has 2 N–H and O–H groups in total. The van der Waals surface area contributed by atoms with Gasteiger partial charge in [0, 0.05) is 24.8 Å². The first-order chi connectivity index (χ1) is 11.0. The van der Waals surface area contributed by atoms with E-state index in [-0.39, 0.29) is 11.8 Å². The number of hydrogen-bond acceptors (Lipinski definition) is 4. The smallest absolute Gasteiger partial charge is 0.151 e. The van der Waals surface area contributed by atoms with E-state index in [4.69, 9.17) is 5.73 Å². The minimum atomic E-state index is -2.89. The van der Waals surface area contributed by atoms with Crippen molar-refractivity contribution in [2.75, 3.05) is 17.2 Å². The summed E-state index contributed by atoms with van der Waals surface area (Å²) >= 11 is 0. The fourth-order valence-electron chi connectivity index (χ4n) is 3.05. The van der Waals surface area contributed by atoms with Crippen molar-refractivity contribution in [1.29, 1.82) is 0 Å². The molecule has 3 rings (SSSR count). The maximum absolute atomic E-state index is 11.9. The molecular weight excluding hydrogens is 308 g/mol. The molecule has 0 unspecified atom stereocenters. The van der Waals surface area contributed by atoms with Crippen LogP contribution in [0.2, 0.25) is 0 Å². The summed E-state index contributed by atoms with van der Waals surface area (Å²) in [4.78, 5) is 2.27. The van der Waals surface area contributed by atoms with Crippen LogP contribution in [0.4, 0.5) is 5.69 Å². The van der Waals surface area contributed by atoms with Gasteiger partial charge in [0.25, 0.3) is 0 Å². The number of sulfone groups is 1. The number of benzene rings is 2. The van der Waals surface area contributed by atoms with E-state index in [9.17, 15) is 8.42 Å². The highest BCUT2D eigenvalue weighted by molar-refractivity contribution is 7.91. The molecule has 2 aromatic rings. The van der Waals surface area contributed by atoms with Crippen molar-refractivity contribution in [3.63, 3.8) is 0 Å². The van der Waals surface area contributed by atoms with E-state index in [2.05, 4.69) is 17.0 Å². The molecule has 23 heavy (non-hydrogen) atoms. The second-order valence-electron chi connectivity index (χ2n) is 6.19. The highest BCUT2D eigenvalue weighted by Crippen LogP contribution is 2.22. The summed E-state index contributed by atoms with van der Waals surface area (Å²) in [6.07, 6.45) is 0.712. The number of anilines is 1. The van der Waals surface area contributed by atoms with Crippen molar-refractivity contribution in [3.05, 3.63) is 65.7 Å². The Bertz CT molecular complexity index is 742. The molecule has 0 aromatic heterocycles. The van der Waals surface area contributed by atoms with Gasteiger partial charge in [0.1, 0.15) is 0 Å². The van der Waals surface area contributed by atoms with Gasteiger partial charge in [-0.05, 0) is 29.7 Å². The molecule has 0 spiro atoms. The summed E-state index contributed by atoms with van der Waals surface area (Å²) in [6, 6.07) is 18.1. The van der Waals surface area contributed by atoms with Gasteiger partial charge in [0.2, 0.25) is 0 Å². The van der Waals surface area contributed by atoms with Gasteiger partial charge in [-0.1, -0.05) is 42.5 Å². The summed E-state index contributed by atoms with van der Waals surface area (Å²) in [6.45, 7) is 1.49. The minimum absolute atomic E-state index is 0.0813. The van der Waals surface area contributed by atoms with E-state index in [0.717, 1.165) is 24.3 Å². The van der Waals surface area contributed by atoms with Crippen LogP contribution in [0.1, 0.15) is 17.5 Å². The first-order valence-corrected chi connectivity index (χ1v) is 9.67. The molecule has 0 amide bonds. The molecule has 122 valence electrons. The lowest BCUT2D eigenvalue weighted by molar-refractivity contribution is 0.194. The van der Waals surface area contributed by atoms with Crippen LogP contribution in [0.25, 0.3) is 0 Å². The van der Waals surface area contributed by atoms with E-state index in [0.29, 0.717) is 12.2 Å². The summed E-state index contributed by atoms with van der Waals surface area (Å²) in [7, 11) is -2.89. The molecule has 4 nitrogen and oxygen atoms in total. The van der Waals surface area contributed by atoms with Gasteiger partial charge in [-0.3, -0.25) is 4.90 Å². The molecule has 0 saturated carbocycles. The number of hydrogen-bond donors (Lipinski definition) is 1. The number of nitrogen functional groups attached to an aromatic ring is 1. The predicted octanol–water partition coefficient (Wildman–Crippen LogP) is 2.46. The van der Waals surface area contributed by atoms with Crippen LogP contribution < -0.4 is 5.73 Å². The SMILES string of the molecule is Nc1ccc(CN(Cc2ccccc2)[C@@H]2CCS(=O)(=O)C2)cc1. The van der Waals surface area contributed by atoms with Gasteiger partial charge in [-0.15, -0.1) is 0 Å². The zero-order chi connectivity index (χ0) is 16.3. The molecule has 1 saturated heterocycles. The Hall–Kier alpha value is -1.85. The third-order valence-electron chi connectivity index (χ3n) is 4.32. The summed E-state index contributed by atoms with van der Waals surface area (Å²) in [5, 5.41) is 0. The van der Waals surface area contributed by atoms with Crippen molar-refractivity contribution in [2.45, 2.75) is 25.6 Å². The van der Waals surface area contributed by atoms with Gasteiger partial charge in [0.15, 0.2) is 9.84 Å². The maximum atomic E-state index is 11.9. The normalized spacial score (nSPS) is 20.0. The molecule has 1 fully saturated rings. The van der Waals surface area contributed by atoms with Crippen molar-refractivity contribution in [2.24, 2.45) is 0 Å². The number of nitrogens with two attached hydrogens (primary N) is 1. The van der Waals surface area contributed by atoms with Crippen LogP contribution in [0.5, 0.6) is 0 Å². The monoisotopic (exact) mass is 330 g/mol. The first kappa shape index (κ1) is 16.0.